The number of benzene rings is 2. The Morgan fingerprint density at radius 2 is 2.19 bits per heavy atom. The van der Waals surface area contributed by atoms with E-state index in [4.69, 9.17) is 4.74 Å². The fraction of sp³-hybridized carbons (Fsp3) is 0.188. The highest BCUT2D eigenvalue weighted by molar-refractivity contribution is 9.10. The van der Waals surface area contributed by atoms with Gasteiger partial charge >= 0.3 is 0 Å². The van der Waals surface area contributed by atoms with E-state index < -0.39 is 0 Å². The van der Waals surface area contributed by atoms with Crippen LogP contribution in [0.15, 0.2) is 40.9 Å². The van der Waals surface area contributed by atoms with Gasteiger partial charge in [-0.15, -0.1) is 0 Å². The van der Waals surface area contributed by atoms with Crippen molar-refractivity contribution in [3.8, 4) is 5.75 Å². The fourth-order valence-corrected chi connectivity index (χ4v) is 2.63. The molecular formula is C16H15BrN2O2. The van der Waals surface area contributed by atoms with Crippen LogP contribution < -0.4 is 15.4 Å². The van der Waals surface area contributed by atoms with Crippen LogP contribution in [0.1, 0.15) is 11.1 Å². The molecule has 4 nitrogen and oxygen atoms in total. The first-order valence-corrected chi connectivity index (χ1v) is 7.47. The molecule has 108 valence electrons. The van der Waals surface area contributed by atoms with Gasteiger partial charge in [0.2, 0.25) is 0 Å². The molecular weight excluding hydrogens is 332 g/mol. The summed E-state index contributed by atoms with van der Waals surface area (Å²) in [7, 11) is 0. The molecule has 2 N–H and O–H groups in total. The van der Waals surface area contributed by atoms with Crippen molar-refractivity contribution in [2.24, 2.45) is 0 Å². The second-order valence-electron chi connectivity index (χ2n) is 4.96. The molecule has 21 heavy (non-hydrogen) atoms. The van der Waals surface area contributed by atoms with Gasteiger partial charge in [-0.3, -0.25) is 4.79 Å². The Labute approximate surface area is 131 Å². The highest BCUT2D eigenvalue weighted by Crippen LogP contribution is 2.30. The second-order valence-corrected chi connectivity index (χ2v) is 5.75. The molecule has 0 atom stereocenters. The Morgan fingerprint density at radius 1 is 1.33 bits per heavy atom. The summed E-state index contributed by atoms with van der Waals surface area (Å²) in [5.74, 6) is 0.601. The zero-order valence-electron chi connectivity index (χ0n) is 11.6. The minimum Gasteiger partial charge on any atom is -0.482 e. The molecule has 1 heterocycles. The van der Waals surface area contributed by atoms with E-state index in [2.05, 4.69) is 39.6 Å². The van der Waals surface area contributed by atoms with E-state index in [-0.39, 0.29) is 12.5 Å². The van der Waals surface area contributed by atoms with Crippen molar-refractivity contribution in [2.75, 3.05) is 17.2 Å². The Balaban J connectivity index is 1.75. The first kappa shape index (κ1) is 13.9. The van der Waals surface area contributed by atoms with Crippen molar-refractivity contribution in [1.82, 2.24) is 0 Å². The van der Waals surface area contributed by atoms with Crippen molar-refractivity contribution in [3.05, 3.63) is 52.0 Å². The number of halogens is 1. The summed E-state index contributed by atoms with van der Waals surface area (Å²) in [4.78, 5) is 11.3. The largest absolute Gasteiger partial charge is 0.482 e. The molecule has 0 unspecified atom stereocenters. The lowest BCUT2D eigenvalue weighted by atomic mass is 10.1. The zero-order valence-corrected chi connectivity index (χ0v) is 13.2. The van der Waals surface area contributed by atoms with Crippen LogP contribution in [0.2, 0.25) is 0 Å². The van der Waals surface area contributed by atoms with E-state index >= 15 is 0 Å². The van der Waals surface area contributed by atoms with Gasteiger partial charge in [-0.1, -0.05) is 18.2 Å². The number of carbonyl (C=O) groups is 1. The summed E-state index contributed by atoms with van der Waals surface area (Å²) in [5, 5.41) is 6.21. The highest BCUT2D eigenvalue weighted by atomic mass is 79.9. The van der Waals surface area contributed by atoms with Crippen molar-refractivity contribution in [2.45, 2.75) is 13.5 Å². The SMILES string of the molecule is Cc1cccc(NCc2ccc3c(c2)NC(=O)CO3)c1Br. The molecule has 0 saturated heterocycles. The predicted molar refractivity (Wildman–Crippen MR) is 86.8 cm³/mol. The number of nitrogens with one attached hydrogen (secondary N) is 2. The molecule has 0 aromatic heterocycles. The van der Waals surface area contributed by atoms with Gasteiger partial charge in [0.15, 0.2) is 6.61 Å². The number of hydrogen-bond acceptors (Lipinski definition) is 3. The Morgan fingerprint density at radius 3 is 3.05 bits per heavy atom. The Bertz CT molecular complexity index is 701. The lowest BCUT2D eigenvalue weighted by molar-refractivity contribution is -0.118. The normalized spacial score (nSPS) is 13.1. The summed E-state index contributed by atoms with van der Waals surface area (Å²) in [6.07, 6.45) is 0. The van der Waals surface area contributed by atoms with Gasteiger partial charge in [0, 0.05) is 16.7 Å². The lowest BCUT2D eigenvalue weighted by Crippen LogP contribution is -2.25. The van der Waals surface area contributed by atoms with Crippen molar-refractivity contribution >= 4 is 33.2 Å². The summed E-state index contributed by atoms with van der Waals surface area (Å²) in [6, 6.07) is 11.9. The van der Waals surface area contributed by atoms with E-state index in [0.29, 0.717) is 6.54 Å². The van der Waals surface area contributed by atoms with Crippen molar-refractivity contribution in [3.63, 3.8) is 0 Å². The Kier molecular flexibility index (Phi) is 3.84. The first-order chi connectivity index (χ1) is 10.1. The van der Waals surface area contributed by atoms with Crippen LogP contribution >= 0.6 is 15.9 Å². The van der Waals surface area contributed by atoms with Gasteiger partial charge in [0.05, 0.1) is 5.69 Å². The molecule has 3 rings (SSSR count). The zero-order chi connectivity index (χ0) is 14.8. The smallest absolute Gasteiger partial charge is 0.262 e. The molecule has 0 radical (unpaired) electrons. The van der Waals surface area contributed by atoms with Crippen LogP contribution in [0.5, 0.6) is 5.75 Å². The Hall–Kier alpha value is -2.01. The number of anilines is 2. The summed E-state index contributed by atoms with van der Waals surface area (Å²) in [6.45, 7) is 2.81. The third-order valence-corrected chi connectivity index (χ3v) is 4.40. The van der Waals surface area contributed by atoms with Crippen LogP contribution in [0, 0.1) is 6.92 Å². The molecule has 1 amide bonds. The van der Waals surface area contributed by atoms with E-state index in [9.17, 15) is 4.79 Å². The molecule has 1 aliphatic heterocycles. The number of ether oxygens (including phenoxy) is 1. The molecule has 5 heteroatoms. The molecule has 2 aromatic carbocycles. The van der Waals surface area contributed by atoms with Crippen LogP contribution in [-0.2, 0) is 11.3 Å². The third kappa shape index (κ3) is 3.03. The quantitative estimate of drug-likeness (QED) is 0.890. The number of fused-ring (bicyclic) bond motifs is 1. The van der Waals surface area contributed by atoms with Crippen LogP contribution in [0.3, 0.4) is 0 Å². The van der Waals surface area contributed by atoms with E-state index in [1.165, 1.54) is 5.56 Å². The standard InChI is InChI=1S/C16H15BrN2O2/c1-10-3-2-4-12(16(10)17)18-8-11-5-6-14-13(7-11)19-15(20)9-21-14/h2-7,18H,8-9H2,1H3,(H,19,20). The van der Waals surface area contributed by atoms with Gasteiger partial charge in [-0.05, 0) is 52.2 Å². The molecule has 1 aliphatic rings. The number of carbonyl (C=O) groups excluding carboxylic acids is 1. The molecule has 0 bridgehead atoms. The van der Waals surface area contributed by atoms with Crippen molar-refractivity contribution in [1.29, 1.82) is 0 Å². The summed E-state index contributed by atoms with van der Waals surface area (Å²) < 4.78 is 6.42. The fourth-order valence-electron chi connectivity index (χ4n) is 2.22. The van der Waals surface area contributed by atoms with Gasteiger partial charge in [-0.2, -0.15) is 0 Å². The summed E-state index contributed by atoms with van der Waals surface area (Å²) in [5.41, 5.74) is 4.04. The van der Waals surface area contributed by atoms with Crippen LogP contribution in [0.4, 0.5) is 11.4 Å². The van der Waals surface area contributed by atoms with Crippen LogP contribution in [-0.4, -0.2) is 12.5 Å². The highest BCUT2D eigenvalue weighted by Gasteiger charge is 2.15. The van der Waals surface area contributed by atoms with Gasteiger partial charge in [0.1, 0.15) is 5.75 Å². The molecule has 0 saturated carbocycles. The van der Waals surface area contributed by atoms with Gasteiger partial charge in [-0.25, -0.2) is 0 Å². The third-order valence-electron chi connectivity index (χ3n) is 3.35. The minimum atomic E-state index is -0.117. The minimum absolute atomic E-state index is 0.0842. The topological polar surface area (TPSA) is 50.4 Å². The molecule has 0 fully saturated rings. The molecule has 0 aliphatic carbocycles. The van der Waals surface area contributed by atoms with E-state index in [1.807, 2.05) is 30.3 Å². The van der Waals surface area contributed by atoms with Gasteiger partial charge < -0.3 is 15.4 Å². The van der Waals surface area contributed by atoms with Crippen LogP contribution in [0.25, 0.3) is 0 Å². The van der Waals surface area contributed by atoms with Gasteiger partial charge in [0.25, 0.3) is 5.91 Å². The maximum absolute atomic E-state index is 11.3. The predicted octanol–water partition coefficient (Wildman–Crippen LogP) is 3.70. The molecule has 2 aromatic rings. The maximum Gasteiger partial charge on any atom is 0.262 e. The monoisotopic (exact) mass is 346 g/mol. The van der Waals surface area contributed by atoms with Crippen molar-refractivity contribution < 1.29 is 9.53 Å². The lowest BCUT2D eigenvalue weighted by Gasteiger charge is -2.19. The number of aryl methyl sites for hydroxylation is 1. The number of hydrogen-bond donors (Lipinski definition) is 2. The summed E-state index contributed by atoms with van der Waals surface area (Å²) >= 11 is 3.58. The number of rotatable bonds is 3. The number of amides is 1. The average molecular weight is 347 g/mol. The molecule has 0 spiro atoms. The maximum atomic E-state index is 11.3. The second kappa shape index (κ2) is 5.77. The van der Waals surface area contributed by atoms with E-state index in [1.54, 1.807) is 0 Å². The first-order valence-electron chi connectivity index (χ1n) is 6.68. The van der Waals surface area contributed by atoms with E-state index in [0.717, 1.165) is 27.2 Å². The average Bonchev–Trinajstić information content (AvgIpc) is 2.48.